The van der Waals surface area contributed by atoms with E-state index in [1.165, 1.54) is 0 Å². The van der Waals surface area contributed by atoms with Crippen LogP contribution in [-0.2, 0) is 6.42 Å². The summed E-state index contributed by atoms with van der Waals surface area (Å²) in [5.41, 5.74) is 4.66. The Morgan fingerprint density at radius 3 is 2.76 bits per heavy atom. The number of hydrogen-bond donors (Lipinski definition) is 2. The Kier molecular flexibility index (Phi) is 3.44. The Morgan fingerprint density at radius 2 is 2.12 bits per heavy atom. The van der Waals surface area contributed by atoms with Crippen molar-refractivity contribution < 1.29 is 4.74 Å². The zero-order valence-electron chi connectivity index (χ0n) is 10.2. The van der Waals surface area contributed by atoms with Crippen molar-refractivity contribution in [3.63, 3.8) is 0 Å². The van der Waals surface area contributed by atoms with Crippen LogP contribution in [0.25, 0.3) is 10.9 Å². The highest BCUT2D eigenvalue weighted by atomic mass is 16.5. The van der Waals surface area contributed by atoms with Crippen molar-refractivity contribution in [2.45, 2.75) is 20.3 Å². The van der Waals surface area contributed by atoms with Crippen LogP contribution >= 0.6 is 0 Å². The minimum absolute atomic E-state index is 0.669. The fourth-order valence-corrected chi connectivity index (χ4v) is 1.85. The van der Waals surface area contributed by atoms with Gasteiger partial charge in [-0.15, -0.1) is 0 Å². The van der Waals surface area contributed by atoms with E-state index >= 15 is 0 Å². The third kappa shape index (κ3) is 2.31. The minimum atomic E-state index is 0.669. The molecule has 1 heterocycles. The first-order chi connectivity index (χ1) is 8.28. The Morgan fingerprint density at radius 1 is 1.29 bits per heavy atom. The average Bonchev–Trinajstić information content (AvgIpc) is 2.37. The van der Waals surface area contributed by atoms with Crippen LogP contribution in [0.15, 0.2) is 24.3 Å². The maximum absolute atomic E-state index is 5.48. The maximum Gasteiger partial charge on any atom is 0.143 e. The lowest BCUT2D eigenvalue weighted by Gasteiger charge is -2.09. The largest absolute Gasteiger partial charge is 0.494 e. The summed E-state index contributed by atoms with van der Waals surface area (Å²) in [6.07, 6.45) is 0.890. The van der Waals surface area contributed by atoms with E-state index in [-0.39, 0.29) is 0 Å². The molecule has 17 heavy (non-hydrogen) atoms. The van der Waals surface area contributed by atoms with Crippen molar-refractivity contribution in [1.29, 1.82) is 0 Å². The van der Waals surface area contributed by atoms with Crippen LogP contribution in [0.5, 0.6) is 5.75 Å². The normalized spacial score (nSPS) is 10.5. The van der Waals surface area contributed by atoms with Crippen molar-refractivity contribution in [3.05, 3.63) is 29.8 Å². The number of anilines is 1. The van der Waals surface area contributed by atoms with E-state index in [9.17, 15) is 0 Å². The minimum Gasteiger partial charge on any atom is -0.494 e. The van der Waals surface area contributed by atoms with Gasteiger partial charge >= 0.3 is 0 Å². The lowest BCUT2D eigenvalue weighted by Crippen LogP contribution is -2.11. The van der Waals surface area contributed by atoms with Crippen LogP contribution in [0.4, 0.5) is 5.82 Å². The molecule has 0 saturated carbocycles. The van der Waals surface area contributed by atoms with E-state index in [1.54, 1.807) is 0 Å². The van der Waals surface area contributed by atoms with Gasteiger partial charge in [0.2, 0.25) is 0 Å². The van der Waals surface area contributed by atoms with Crippen molar-refractivity contribution >= 4 is 16.7 Å². The highest BCUT2D eigenvalue weighted by molar-refractivity contribution is 5.83. The summed E-state index contributed by atoms with van der Waals surface area (Å²) in [6, 6.07) is 7.97. The first-order valence-electron chi connectivity index (χ1n) is 5.81. The third-order valence-corrected chi connectivity index (χ3v) is 2.69. The molecule has 2 aromatic rings. The molecule has 1 aromatic carbocycles. The lowest BCUT2D eigenvalue weighted by molar-refractivity contribution is 0.340. The number of nitrogens with two attached hydrogens (primary N) is 1. The molecule has 0 unspecified atom stereocenters. The number of aromatic nitrogens is 1. The molecule has 90 valence electrons. The number of pyridine rings is 1. The molecule has 2 rings (SSSR count). The standard InChI is InChI=1S/C13H17N3O/c1-3-9-7-10-8-11(17-4-2)5-6-12(10)15-13(9)16-14/h5-8H,3-4,14H2,1-2H3,(H,15,16). The number of hydrogen-bond acceptors (Lipinski definition) is 4. The van der Waals surface area contributed by atoms with E-state index < -0.39 is 0 Å². The van der Waals surface area contributed by atoms with Crippen LogP contribution in [-0.4, -0.2) is 11.6 Å². The van der Waals surface area contributed by atoms with Gasteiger partial charge in [-0.2, -0.15) is 0 Å². The predicted octanol–water partition coefficient (Wildman–Crippen LogP) is 2.48. The Bertz CT molecular complexity index is 525. The Labute approximate surface area is 101 Å². The molecule has 0 radical (unpaired) electrons. The molecule has 1 aromatic heterocycles. The number of benzene rings is 1. The number of nitrogens with zero attached hydrogens (tertiary/aromatic N) is 1. The average molecular weight is 231 g/mol. The van der Waals surface area contributed by atoms with Crippen LogP contribution in [0.1, 0.15) is 19.4 Å². The van der Waals surface area contributed by atoms with Crippen molar-refractivity contribution in [2.24, 2.45) is 5.84 Å². The molecule has 0 atom stereocenters. The highest BCUT2D eigenvalue weighted by Crippen LogP contribution is 2.24. The molecular weight excluding hydrogens is 214 g/mol. The zero-order chi connectivity index (χ0) is 12.3. The van der Waals surface area contributed by atoms with E-state index in [0.717, 1.165) is 34.5 Å². The number of rotatable bonds is 4. The molecule has 0 spiro atoms. The molecule has 0 aliphatic rings. The number of aryl methyl sites for hydroxylation is 1. The molecule has 0 aliphatic carbocycles. The van der Waals surface area contributed by atoms with Crippen molar-refractivity contribution in [1.82, 2.24) is 4.98 Å². The molecule has 0 saturated heterocycles. The summed E-state index contributed by atoms with van der Waals surface area (Å²) in [6.45, 7) is 4.72. The van der Waals surface area contributed by atoms with Gasteiger partial charge in [0.15, 0.2) is 0 Å². The lowest BCUT2D eigenvalue weighted by atomic mass is 10.1. The molecule has 0 bridgehead atoms. The van der Waals surface area contributed by atoms with E-state index in [0.29, 0.717) is 6.61 Å². The van der Waals surface area contributed by atoms with Gasteiger partial charge < -0.3 is 10.2 Å². The number of ether oxygens (including phenoxy) is 1. The number of fused-ring (bicyclic) bond motifs is 1. The fourth-order valence-electron chi connectivity index (χ4n) is 1.85. The molecule has 4 heteroatoms. The van der Waals surface area contributed by atoms with E-state index in [1.807, 2.05) is 25.1 Å². The van der Waals surface area contributed by atoms with Gasteiger partial charge in [-0.25, -0.2) is 10.8 Å². The second-order valence-electron chi connectivity index (χ2n) is 3.78. The summed E-state index contributed by atoms with van der Waals surface area (Å²) < 4.78 is 5.48. The van der Waals surface area contributed by atoms with Crippen LogP contribution in [0.2, 0.25) is 0 Å². The molecule has 3 N–H and O–H groups in total. The quantitative estimate of drug-likeness (QED) is 0.627. The van der Waals surface area contributed by atoms with Gasteiger partial charge in [-0.3, -0.25) is 0 Å². The summed E-state index contributed by atoms with van der Waals surface area (Å²) >= 11 is 0. The highest BCUT2D eigenvalue weighted by Gasteiger charge is 2.05. The first kappa shape index (κ1) is 11.7. The topological polar surface area (TPSA) is 60.2 Å². The summed E-state index contributed by atoms with van der Waals surface area (Å²) in [5, 5.41) is 1.08. The van der Waals surface area contributed by atoms with Crippen LogP contribution in [0.3, 0.4) is 0 Å². The molecule has 0 fully saturated rings. The van der Waals surface area contributed by atoms with Gasteiger partial charge in [-0.1, -0.05) is 6.92 Å². The SMILES string of the molecule is CCOc1ccc2nc(NN)c(CC)cc2c1. The van der Waals surface area contributed by atoms with Crippen molar-refractivity contribution in [3.8, 4) is 5.75 Å². The monoisotopic (exact) mass is 231 g/mol. The van der Waals surface area contributed by atoms with E-state index in [2.05, 4.69) is 23.4 Å². The summed E-state index contributed by atoms with van der Waals surface area (Å²) in [5.74, 6) is 7.07. The summed E-state index contributed by atoms with van der Waals surface area (Å²) in [4.78, 5) is 4.47. The molecule has 0 amide bonds. The Balaban J connectivity index is 2.54. The van der Waals surface area contributed by atoms with Gasteiger partial charge in [0.1, 0.15) is 11.6 Å². The number of nitrogen functional groups attached to an aromatic ring is 1. The fraction of sp³-hybridized carbons (Fsp3) is 0.308. The Hall–Kier alpha value is -1.81. The zero-order valence-corrected chi connectivity index (χ0v) is 10.2. The van der Waals surface area contributed by atoms with Crippen molar-refractivity contribution in [2.75, 3.05) is 12.0 Å². The second-order valence-corrected chi connectivity index (χ2v) is 3.78. The molecule has 4 nitrogen and oxygen atoms in total. The predicted molar refractivity (Wildman–Crippen MR) is 70.1 cm³/mol. The van der Waals surface area contributed by atoms with Gasteiger partial charge in [0.05, 0.1) is 12.1 Å². The second kappa shape index (κ2) is 5.01. The van der Waals surface area contributed by atoms with E-state index in [4.69, 9.17) is 10.6 Å². The summed E-state index contributed by atoms with van der Waals surface area (Å²) in [7, 11) is 0. The third-order valence-electron chi connectivity index (χ3n) is 2.69. The smallest absolute Gasteiger partial charge is 0.143 e. The number of nitrogens with one attached hydrogen (secondary N) is 1. The van der Waals surface area contributed by atoms with Crippen LogP contribution < -0.4 is 16.0 Å². The van der Waals surface area contributed by atoms with Gasteiger partial charge in [0.25, 0.3) is 0 Å². The number of hydrazine groups is 1. The van der Waals surface area contributed by atoms with Crippen LogP contribution in [0, 0.1) is 0 Å². The first-order valence-corrected chi connectivity index (χ1v) is 5.81. The van der Waals surface area contributed by atoms with Gasteiger partial charge in [-0.05, 0) is 43.2 Å². The maximum atomic E-state index is 5.48. The van der Waals surface area contributed by atoms with Gasteiger partial charge in [0, 0.05) is 5.39 Å². The molecular formula is C13H17N3O. The molecule has 0 aliphatic heterocycles.